The average molecular weight is 400 g/mol. The highest BCUT2D eigenvalue weighted by atomic mass is 16.5. The van der Waals surface area contributed by atoms with Crippen LogP contribution in [-0.2, 0) is 11.2 Å². The molecule has 0 spiro atoms. The van der Waals surface area contributed by atoms with Crippen LogP contribution in [0, 0.1) is 5.92 Å². The maximum absolute atomic E-state index is 11.8. The third kappa shape index (κ3) is 12.2. The number of unbranched alkanes of at least 4 members (excludes halogenated alkanes) is 7. The summed E-state index contributed by atoms with van der Waals surface area (Å²) in [6, 6.07) is 7.87. The predicted molar refractivity (Wildman–Crippen MR) is 124 cm³/mol. The van der Waals surface area contributed by atoms with Gasteiger partial charge in [0.1, 0.15) is 5.75 Å². The number of rotatable bonds is 17. The van der Waals surface area contributed by atoms with Crippen LogP contribution in [0.5, 0.6) is 5.75 Å². The Morgan fingerprint density at radius 2 is 1.62 bits per heavy atom. The molecule has 0 radical (unpaired) electrons. The van der Waals surface area contributed by atoms with Gasteiger partial charge in [0, 0.05) is 5.92 Å². The molecule has 1 atom stereocenters. The van der Waals surface area contributed by atoms with Crippen LogP contribution in [0.15, 0.2) is 48.6 Å². The quantitative estimate of drug-likeness (QED) is 0.232. The summed E-state index contributed by atoms with van der Waals surface area (Å²) >= 11 is 0. The van der Waals surface area contributed by atoms with E-state index in [-0.39, 0.29) is 11.8 Å². The zero-order chi connectivity index (χ0) is 21.2. The molecular formula is C26H41NO2. The van der Waals surface area contributed by atoms with Crippen molar-refractivity contribution < 1.29 is 9.53 Å². The topological polar surface area (TPSA) is 52.3 Å². The number of benzene rings is 1. The van der Waals surface area contributed by atoms with Crippen LogP contribution in [0.3, 0.4) is 0 Å². The summed E-state index contributed by atoms with van der Waals surface area (Å²) in [5, 5.41) is 0. The lowest BCUT2D eigenvalue weighted by Gasteiger charge is -2.15. The van der Waals surface area contributed by atoms with E-state index in [0.29, 0.717) is 6.42 Å². The Morgan fingerprint density at radius 3 is 2.28 bits per heavy atom. The van der Waals surface area contributed by atoms with E-state index in [0.717, 1.165) is 43.4 Å². The molecular weight excluding hydrogens is 358 g/mol. The van der Waals surface area contributed by atoms with Crippen LogP contribution in [0.4, 0.5) is 0 Å². The number of allylic oxidation sites excluding steroid dienone is 4. The molecule has 0 bridgehead atoms. The Hall–Kier alpha value is -2.03. The smallest absolute Gasteiger partial charge is 0.220 e. The van der Waals surface area contributed by atoms with E-state index in [4.69, 9.17) is 10.5 Å². The minimum atomic E-state index is -0.207. The first kappa shape index (κ1) is 25.0. The first-order chi connectivity index (χ1) is 14.2. The number of hydrogen-bond acceptors (Lipinski definition) is 2. The van der Waals surface area contributed by atoms with Crippen molar-refractivity contribution in [2.75, 3.05) is 7.11 Å². The summed E-state index contributed by atoms with van der Waals surface area (Å²) in [6.07, 6.45) is 22.6. The van der Waals surface area contributed by atoms with Gasteiger partial charge in [0.05, 0.1) is 7.11 Å². The third-order valence-corrected chi connectivity index (χ3v) is 5.31. The number of hydrogen-bond donors (Lipinski definition) is 1. The molecule has 1 aromatic carbocycles. The fourth-order valence-electron chi connectivity index (χ4n) is 3.51. The minimum absolute atomic E-state index is 0.115. The molecule has 0 heterocycles. The van der Waals surface area contributed by atoms with Gasteiger partial charge in [-0.1, -0.05) is 81.5 Å². The van der Waals surface area contributed by atoms with Gasteiger partial charge < -0.3 is 10.5 Å². The summed E-state index contributed by atoms with van der Waals surface area (Å²) in [7, 11) is 1.66. The standard InChI is InChI=1S/C26H41NO2/c1-3-4-5-6-7-8-9-10-11-12-13-14-15-16-20-24(26(27)28)22-23-19-17-18-21-25(23)29-2/h7-8,10-11,17-19,21,24H,3-6,9,12-16,20,22H2,1-2H3,(H2,27,28)/b8-7-,11-10-. The van der Waals surface area contributed by atoms with Gasteiger partial charge in [0.2, 0.25) is 5.91 Å². The number of carbonyl (C=O) groups is 1. The Balaban J connectivity index is 2.14. The lowest BCUT2D eigenvalue weighted by atomic mass is 9.92. The average Bonchev–Trinajstić information content (AvgIpc) is 2.73. The second-order valence-corrected chi connectivity index (χ2v) is 7.78. The van der Waals surface area contributed by atoms with E-state index in [9.17, 15) is 4.79 Å². The molecule has 0 aliphatic heterocycles. The van der Waals surface area contributed by atoms with Crippen molar-refractivity contribution in [1.29, 1.82) is 0 Å². The van der Waals surface area contributed by atoms with Crippen molar-refractivity contribution in [3.63, 3.8) is 0 Å². The summed E-state index contributed by atoms with van der Waals surface area (Å²) in [6.45, 7) is 2.24. The third-order valence-electron chi connectivity index (χ3n) is 5.31. The highest BCUT2D eigenvalue weighted by molar-refractivity contribution is 5.77. The highest BCUT2D eigenvalue weighted by Gasteiger charge is 2.17. The first-order valence-electron chi connectivity index (χ1n) is 11.4. The van der Waals surface area contributed by atoms with Gasteiger partial charge in [-0.15, -0.1) is 0 Å². The number of ether oxygens (including phenoxy) is 1. The SMILES string of the molecule is CCCCC/C=C\C/C=C\CCCCCCC(Cc1ccccc1OC)C(N)=O. The molecule has 0 fully saturated rings. The summed E-state index contributed by atoms with van der Waals surface area (Å²) < 4.78 is 5.39. The predicted octanol–water partition coefficient (Wildman–Crippen LogP) is 6.76. The van der Waals surface area contributed by atoms with Crippen LogP contribution in [-0.4, -0.2) is 13.0 Å². The van der Waals surface area contributed by atoms with Gasteiger partial charge in [-0.25, -0.2) is 0 Å². The monoisotopic (exact) mass is 399 g/mol. The first-order valence-corrected chi connectivity index (χ1v) is 11.4. The fourth-order valence-corrected chi connectivity index (χ4v) is 3.51. The maximum Gasteiger partial charge on any atom is 0.220 e. The molecule has 29 heavy (non-hydrogen) atoms. The summed E-state index contributed by atoms with van der Waals surface area (Å²) in [5.74, 6) is 0.512. The fraction of sp³-hybridized carbons (Fsp3) is 0.577. The molecule has 0 aromatic heterocycles. The van der Waals surface area contributed by atoms with E-state index < -0.39 is 0 Å². The lowest BCUT2D eigenvalue weighted by molar-refractivity contribution is -0.122. The molecule has 0 aliphatic carbocycles. The molecule has 3 nitrogen and oxygen atoms in total. The minimum Gasteiger partial charge on any atom is -0.496 e. The normalized spacial score (nSPS) is 12.6. The molecule has 0 aliphatic rings. The maximum atomic E-state index is 11.8. The summed E-state index contributed by atoms with van der Waals surface area (Å²) in [4.78, 5) is 11.8. The molecule has 2 N–H and O–H groups in total. The van der Waals surface area contributed by atoms with Crippen LogP contribution in [0.2, 0.25) is 0 Å². The Morgan fingerprint density at radius 1 is 0.966 bits per heavy atom. The molecule has 3 heteroatoms. The second-order valence-electron chi connectivity index (χ2n) is 7.78. The van der Waals surface area contributed by atoms with Gasteiger partial charge in [-0.3, -0.25) is 4.79 Å². The number of nitrogens with two attached hydrogens (primary N) is 1. The van der Waals surface area contributed by atoms with Crippen molar-refractivity contribution in [3.05, 3.63) is 54.1 Å². The highest BCUT2D eigenvalue weighted by Crippen LogP contribution is 2.23. The van der Waals surface area contributed by atoms with Crippen molar-refractivity contribution in [2.24, 2.45) is 11.7 Å². The number of carbonyl (C=O) groups excluding carboxylic acids is 1. The van der Waals surface area contributed by atoms with Crippen molar-refractivity contribution in [2.45, 2.75) is 84.0 Å². The molecule has 162 valence electrons. The Bertz CT molecular complexity index is 606. The number of amides is 1. The molecule has 1 rings (SSSR count). The van der Waals surface area contributed by atoms with E-state index in [1.807, 2.05) is 24.3 Å². The molecule has 1 unspecified atom stereocenters. The zero-order valence-electron chi connectivity index (χ0n) is 18.6. The van der Waals surface area contributed by atoms with Gasteiger partial charge in [0.25, 0.3) is 0 Å². The number of para-hydroxylation sites is 1. The molecule has 1 amide bonds. The van der Waals surface area contributed by atoms with Crippen molar-refractivity contribution in [3.8, 4) is 5.75 Å². The van der Waals surface area contributed by atoms with Crippen LogP contribution in [0.1, 0.15) is 83.1 Å². The van der Waals surface area contributed by atoms with Crippen molar-refractivity contribution >= 4 is 5.91 Å². The van der Waals surface area contributed by atoms with Gasteiger partial charge in [-0.2, -0.15) is 0 Å². The van der Waals surface area contributed by atoms with E-state index >= 15 is 0 Å². The largest absolute Gasteiger partial charge is 0.496 e. The number of primary amides is 1. The summed E-state index contributed by atoms with van der Waals surface area (Å²) in [5.41, 5.74) is 6.69. The number of methoxy groups -OCH3 is 1. The molecule has 0 saturated heterocycles. The van der Waals surface area contributed by atoms with Gasteiger partial charge in [0.15, 0.2) is 0 Å². The lowest BCUT2D eigenvalue weighted by Crippen LogP contribution is -2.25. The van der Waals surface area contributed by atoms with E-state index in [1.54, 1.807) is 7.11 Å². The van der Waals surface area contributed by atoms with Crippen LogP contribution in [0.25, 0.3) is 0 Å². The molecule has 1 aromatic rings. The van der Waals surface area contributed by atoms with E-state index in [2.05, 4.69) is 31.2 Å². The Labute approximate surface area is 178 Å². The van der Waals surface area contributed by atoms with Crippen molar-refractivity contribution in [1.82, 2.24) is 0 Å². The van der Waals surface area contributed by atoms with Gasteiger partial charge >= 0.3 is 0 Å². The molecule has 0 saturated carbocycles. The van der Waals surface area contributed by atoms with Crippen LogP contribution < -0.4 is 10.5 Å². The zero-order valence-corrected chi connectivity index (χ0v) is 18.6. The van der Waals surface area contributed by atoms with Gasteiger partial charge in [-0.05, 0) is 56.6 Å². The second kappa shape index (κ2) is 16.9. The Kier molecular flexibility index (Phi) is 14.6. The van der Waals surface area contributed by atoms with E-state index in [1.165, 1.54) is 38.5 Å². The van der Waals surface area contributed by atoms with Crippen LogP contribution >= 0.6 is 0 Å².